The third-order valence-corrected chi connectivity index (χ3v) is 5.22. The second kappa shape index (κ2) is 8.47. The molecule has 0 saturated heterocycles. The molecule has 2 aromatic heterocycles. The molecule has 1 aromatic carbocycles. The lowest BCUT2D eigenvalue weighted by Crippen LogP contribution is -2.41. The average Bonchev–Trinajstić information content (AvgIpc) is 2.67. The highest BCUT2D eigenvalue weighted by Gasteiger charge is 2.22. The number of nitrogens with one attached hydrogen (secondary N) is 2. The van der Waals surface area contributed by atoms with Crippen molar-refractivity contribution >= 4 is 28.4 Å². The molecule has 0 aliphatic rings. The third-order valence-electron chi connectivity index (χ3n) is 5.22. The predicted octanol–water partition coefficient (Wildman–Crippen LogP) is 4.16. The molecule has 5 N–H and O–H groups in total. The molecule has 0 fully saturated rings. The average molecular weight is 426 g/mol. The highest BCUT2D eigenvalue weighted by Crippen LogP contribution is 2.32. The number of aliphatic hydroxyl groups excluding tert-OH is 1. The van der Waals surface area contributed by atoms with Crippen molar-refractivity contribution in [1.29, 1.82) is 0 Å². The summed E-state index contributed by atoms with van der Waals surface area (Å²) < 4.78 is 14.6. The molecule has 8 heteroatoms. The van der Waals surface area contributed by atoms with E-state index >= 15 is 0 Å². The lowest BCUT2D eigenvalue weighted by Gasteiger charge is -2.26. The van der Waals surface area contributed by atoms with E-state index in [9.17, 15) is 14.3 Å². The zero-order valence-electron chi connectivity index (χ0n) is 18.4. The molecule has 2 heterocycles. The van der Waals surface area contributed by atoms with Crippen LogP contribution in [0.1, 0.15) is 32.0 Å². The number of benzene rings is 1. The van der Waals surface area contributed by atoms with Gasteiger partial charge in [0.1, 0.15) is 11.6 Å². The Balaban J connectivity index is 1.89. The monoisotopic (exact) mass is 425 g/mol. The Labute approximate surface area is 180 Å². The van der Waals surface area contributed by atoms with Crippen LogP contribution >= 0.6 is 0 Å². The molecule has 1 atom stereocenters. The Morgan fingerprint density at radius 3 is 2.58 bits per heavy atom. The maximum absolute atomic E-state index is 14.6. The summed E-state index contributed by atoms with van der Waals surface area (Å²) in [6.07, 6.45) is 0.915. The summed E-state index contributed by atoms with van der Waals surface area (Å²) in [5.74, 6) is -0.159. The van der Waals surface area contributed by atoms with Crippen LogP contribution in [0.4, 0.5) is 20.7 Å². The van der Waals surface area contributed by atoms with Crippen LogP contribution in [0.15, 0.2) is 30.5 Å². The first-order valence-corrected chi connectivity index (χ1v) is 10.0. The zero-order chi connectivity index (χ0) is 22.9. The first-order chi connectivity index (χ1) is 14.5. The fraction of sp³-hybridized carbons (Fsp3) is 0.348. The minimum atomic E-state index is -0.731. The van der Waals surface area contributed by atoms with Gasteiger partial charge in [0.15, 0.2) is 0 Å². The summed E-state index contributed by atoms with van der Waals surface area (Å²) in [6.45, 7) is 9.32. The van der Waals surface area contributed by atoms with Gasteiger partial charge in [-0.2, -0.15) is 0 Å². The highest BCUT2D eigenvalue weighted by atomic mass is 19.1. The van der Waals surface area contributed by atoms with Gasteiger partial charge in [-0.3, -0.25) is 4.98 Å². The van der Waals surface area contributed by atoms with Crippen LogP contribution in [-0.4, -0.2) is 33.8 Å². The van der Waals surface area contributed by atoms with Crippen LogP contribution in [0.5, 0.6) is 0 Å². The van der Waals surface area contributed by atoms with Crippen molar-refractivity contribution in [1.82, 2.24) is 15.3 Å². The summed E-state index contributed by atoms with van der Waals surface area (Å²) in [5.41, 5.74) is 9.14. The Morgan fingerprint density at radius 2 is 1.90 bits per heavy atom. The topological polar surface area (TPSA) is 113 Å². The van der Waals surface area contributed by atoms with Gasteiger partial charge in [-0.15, -0.1) is 0 Å². The van der Waals surface area contributed by atoms with E-state index < -0.39 is 18.0 Å². The highest BCUT2D eigenvalue weighted by molar-refractivity contribution is 5.92. The fourth-order valence-electron chi connectivity index (χ4n) is 3.17. The van der Waals surface area contributed by atoms with Crippen molar-refractivity contribution in [2.45, 2.75) is 40.7 Å². The molecule has 0 radical (unpaired) electrons. The number of hydrogen-bond acceptors (Lipinski definition) is 5. The molecule has 164 valence electrons. The number of carbonyl (C=O) groups is 1. The molecule has 31 heavy (non-hydrogen) atoms. The van der Waals surface area contributed by atoms with Crippen LogP contribution in [0.3, 0.4) is 0 Å². The second-order valence-corrected chi connectivity index (χ2v) is 8.79. The van der Waals surface area contributed by atoms with Gasteiger partial charge in [0.25, 0.3) is 0 Å². The number of rotatable bonds is 4. The molecule has 0 spiro atoms. The number of fused-ring (bicyclic) bond motifs is 1. The van der Waals surface area contributed by atoms with Crippen molar-refractivity contribution in [3.63, 3.8) is 0 Å². The smallest absolute Gasteiger partial charge is 0.319 e. The molecule has 0 bridgehead atoms. The van der Waals surface area contributed by atoms with Gasteiger partial charge in [-0.05, 0) is 48.6 Å². The Bertz CT molecular complexity index is 1140. The van der Waals surface area contributed by atoms with E-state index in [1.165, 1.54) is 6.07 Å². The zero-order valence-corrected chi connectivity index (χ0v) is 18.4. The van der Waals surface area contributed by atoms with Gasteiger partial charge in [0.2, 0.25) is 0 Å². The summed E-state index contributed by atoms with van der Waals surface area (Å²) in [4.78, 5) is 21.0. The van der Waals surface area contributed by atoms with Gasteiger partial charge >= 0.3 is 6.03 Å². The largest absolute Gasteiger partial charge is 0.391 e. The van der Waals surface area contributed by atoms with Gasteiger partial charge in [-0.25, -0.2) is 14.2 Å². The Hall–Kier alpha value is -3.26. The molecule has 2 amide bonds. The van der Waals surface area contributed by atoms with Crippen LogP contribution in [0.25, 0.3) is 22.0 Å². The van der Waals surface area contributed by atoms with Gasteiger partial charge in [-0.1, -0.05) is 20.8 Å². The van der Waals surface area contributed by atoms with E-state index in [0.717, 1.165) is 27.7 Å². The third kappa shape index (κ3) is 5.08. The molecule has 3 aromatic rings. The normalized spacial score (nSPS) is 12.6. The standard InChI is InChI=1S/C23H28FN5O2/c1-12-6-17(24)19(29-22(31)27-11-20(30)23(3,4)5)8-15(12)16-7-14-10-26-21(25)9-18(14)28-13(16)2/h6-10,20,30H,11H2,1-5H3,(H2,25,26)(H2,27,29,31)/t20-/m1/s1. The quantitative estimate of drug-likeness (QED) is 0.501. The summed E-state index contributed by atoms with van der Waals surface area (Å²) in [5, 5.41) is 16.0. The minimum absolute atomic E-state index is 0.0401. The number of hydrogen-bond donors (Lipinski definition) is 4. The van der Waals surface area contributed by atoms with Crippen LogP contribution in [0.2, 0.25) is 0 Å². The van der Waals surface area contributed by atoms with Crippen LogP contribution in [-0.2, 0) is 0 Å². The first-order valence-electron chi connectivity index (χ1n) is 10.0. The summed E-state index contributed by atoms with van der Waals surface area (Å²) in [6, 6.07) is 6.00. The fourth-order valence-corrected chi connectivity index (χ4v) is 3.17. The molecule has 7 nitrogen and oxygen atoms in total. The van der Waals surface area contributed by atoms with Crippen molar-refractivity contribution in [2.75, 3.05) is 17.6 Å². The number of nitrogen functional groups attached to an aromatic ring is 1. The van der Waals surface area contributed by atoms with Gasteiger partial charge in [0.05, 0.1) is 17.3 Å². The van der Waals surface area contributed by atoms with Crippen molar-refractivity contribution in [3.8, 4) is 11.1 Å². The van der Waals surface area contributed by atoms with E-state index in [1.54, 1.807) is 25.3 Å². The minimum Gasteiger partial charge on any atom is -0.391 e. The van der Waals surface area contributed by atoms with Gasteiger partial charge in [0, 0.05) is 35.5 Å². The van der Waals surface area contributed by atoms with Gasteiger partial charge < -0.3 is 21.5 Å². The van der Waals surface area contributed by atoms with E-state index in [4.69, 9.17) is 5.73 Å². The number of aliphatic hydroxyl groups is 1. The molecular weight excluding hydrogens is 397 g/mol. The molecular formula is C23H28FN5O2. The van der Waals surface area contributed by atoms with E-state index in [1.807, 2.05) is 33.8 Å². The first kappa shape index (κ1) is 22.4. The van der Waals surface area contributed by atoms with Crippen LogP contribution < -0.4 is 16.4 Å². The van der Waals surface area contributed by atoms with Crippen LogP contribution in [0, 0.1) is 25.1 Å². The van der Waals surface area contributed by atoms with E-state index in [0.29, 0.717) is 11.4 Å². The maximum atomic E-state index is 14.6. The molecule has 0 unspecified atom stereocenters. The maximum Gasteiger partial charge on any atom is 0.319 e. The SMILES string of the molecule is Cc1cc(F)c(NC(=O)NC[C@@H](O)C(C)(C)C)cc1-c1cc2cnc(N)cc2nc1C. The van der Waals surface area contributed by atoms with Crippen molar-refractivity contribution in [2.24, 2.45) is 5.41 Å². The number of urea groups is 1. The van der Waals surface area contributed by atoms with Crippen molar-refractivity contribution in [3.05, 3.63) is 47.5 Å². The number of aryl methyl sites for hydroxylation is 2. The number of aromatic nitrogens is 2. The lowest BCUT2D eigenvalue weighted by molar-refractivity contribution is 0.0654. The number of pyridine rings is 2. The predicted molar refractivity (Wildman–Crippen MR) is 121 cm³/mol. The number of nitrogens with zero attached hydrogens (tertiary/aromatic N) is 2. The van der Waals surface area contributed by atoms with E-state index in [2.05, 4.69) is 20.6 Å². The number of nitrogens with two attached hydrogens (primary N) is 1. The number of halogens is 1. The second-order valence-electron chi connectivity index (χ2n) is 8.79. The molecule has 0 aliphatic carbocycles. The summed E-state index contributed by atoms with van der Waals surface area (Å²) in [7, 11) is 0. The van der Waals surface area contributed by atoms with Crippen molar-refractivity contribution < 1.29 is 14.3 Å². The Morgan fingerprint density at radius 1 is 1.19 bits per heavy atom. The number of amides is 2. The molecule has 0 saturated carbocycles. The molecule has 0 aliphatic heterocycles. The summed E-state index contributed by atoms with van der Waals surface area (Å²) >= 11 is 0. The lowest BCUT2D eigenvalue weighted by atomic mass is 9.89. The number of anilines is 2. The van der Waals surface area contributed by atoms with E-state index in [-0.39, 0.29) is 17.6 Å². The Kier molecular flexibility index (Phi) is 6.13. The molecule has 3 rings (SSSR count). The number of carbonyl (C=O) groups excluding carboxylic acids is 1.